The fraction of sp³-hybridized carbons (Fsp3) is 0.318. The number of piperidine rings is 1. The Balaban J connectivity index is 1.69. The number of aryl methyl sites for hydroxylation is 1. The summed E-state index contributed by atoms with van der Waals surface area (Å²) in [5.41, 5.74) is 1.41. The number of aromatic amines is 1. The van der Waals surface area contributed by atoms with Gasteiger partial charge >= 0.3 is 0 Å². The minimum absolute atomic E-state index is 0.216. The van der Waals surface area contributed by atoms with Crippen LogP contribution in [0.4, 0.5) is 5.69 Å². The molecule has 0 spiro atoms. The van der Waals surface area contributed by atoms with Crippen molar-refractivity contribution in [1.29, 1.82) is 0 Å². The van der Waals surface area contributed by atoms with Crippen molar-refractivity contribution in [2.75, 3.05) is 20.1 Å². The lowest BCUT2D eigenvalue weighted by Crippen LogP contribution is -2.34. The van der Waals surface area contributed by atoms with Gasteiger partial charge < -0.3 is 19.6 Å². The molecule has 1 saturated heterocycles. The van der Waals surface area contributed by atoms with Crippen molar-refractivity contribution in [3.05, 3.63) is 55.5 Å². The van der Waals surface area contributed by atoms with Gasteiger partial charge in [-0.15, -0.1) is 0 Å². The van der Waals surface area contributed by atoms with Gasteiger partial charge in [0.15, 0.2) is 11.7 Å². The van der Waals surface area contributed by atoms with Gasteiger partial charge in [0.1, 0.15) is 5.56 Å². The lowest BCUT2D eigenvalue weighted by molar-refractivity contribution is 0.211. The number of hydrogen-bond acceptors (Lipinski definition) is 5. The molecule has 5 rings (SSSR count). The van der Waals surface area contributed by atoms with Crippen LogP contribution in [0.3, 0.4) is 0 Å². The highest BCUT2D eigenvalue weighted by atomic mass is 35.5. The van der Waals surface area contributed by atoms with Crippen molar-refractivity contribution in [3.8, 4) is 5.88 Å². The summed E-state index contributed by atoms with van der Waals surface area (Å²) in [6.45, 7) is 8.22. The first-order valence-electron chi connectivity index (χ1n) is 9.95. The van der Waals surface area contributed by atoms with E-state index >= 15 is 0 Å². The minimum atomic E-state index is -0.338. The van der Waals surface area contributed by atoms with Crippen LogP contribution in [0.2, 0.25) is 5.02 Å². The first-order valence-corrected chi connectivity index (χ1v) is 10.3. The number of amidine groups is 1. The summed E-state index contributed by atoms with van der Waals surface area (Å²) < 4.78 is 1.96. The zero-order valence-corrected chi connectivity index (χ0v) is 17.6. The third-order valence-electron chi connectivity index (χ3n) is 6.20. The summed E-state index contributed by atoms with van der Waals surface area (Å²) in [5, 5.41) is 14.4. The molecule has 2 aliphatic rings. The molecule has 0 unspecified atom stereocenters. The standard InChI is InChI=1S/C22H22ClN5O2/c1-11-17-12(2)28(13-5-8-27(3)9-6-13)22(30)14(17)10-16-19(11)26-20(25-16)18-15(23)4-7-24-21(18)29/h4,7,10,13,30H,2,5-6,8-9H2,1,3H3,(H,24,29). The minimum Gasteiger partial charge on any atom is -0.494 e. The second-order valence-corrected chi connectivity index (χ2v) is 8.45. The molecule has 154 valence electrons. The molecule has 4 heterocycles. The highest BCUT2D eigenvalue weighted by Gasteiger charge is 2.26. The van der Waals surface area contributed by atoms with Gasteiger partial charge in [-0.2, -0.15) is 0 Å². The van der Waals surface area contributed by atoms with Crippen molar-refractivity contribution in [3.63, 3.8) is 0 Å². The summed E-state index contributed by atoms with van der Waals surface area (Å²) in [7, 11) is 2.11. The molecule has 0 amide bonds. The number of likely N-dealkylation sites (tertiary alicyclic amines) is 1. The molecule has 0 atom stereocenters. The molecular weight excluding hydrogens is 402 g/mol. The Labute approximate surface area is 177 Å². The van der Waals surface area contributed by atoms with Crippen molar-refractivity contribution in [1.82, 2.24) is 14.5 Å². The van der Waals surface area contributed by atoms with Gasteiger partial charge in [0, 0.05) is 28.4 Å². The Morgan fingerprint density at radius 1 is 1.30 bits per heavy atom. The molecule has 3 aromatic rings. The summed E-state index contributed by atoms with van der Waals surface area (Å²) in [4.78, 5) is 26.3. The maximum absolute atomic E-state index is 12.3. The summed E-state index contributed by atoms with van der Waals surface area (Å²) in [6, 6.07) is 3.65. The zero-order chi connectivity index (χ0) is 21.2. The van der Waals surface area contributed by atoms with E-state index in [9.17, 15) is 9.90 Å². The van der Waals surface area contributed by atoms with Crippen molar-refractivity contribution in [2.45, 2.75) is 25.8 Å². The summed E-state index contributed by atoms with van der Waals surface area (Å²) in [6.07, 6.45) is 3.42. The van der Waals surface area contributed by atoms with E-state index in [2.05, 4.69) is 33.5 Å². The second kappa shape index (κ2) is 6.82. The lowest BCUT2D eigenvalue weighted by atomic mass is 10.1. The predicted molar refractivity (Wildman–Crippen MR) is 119 cm³/mol. The normalized spacial score (nSPS) is 17.2. The summed E-state index contributed by atoms with van der Waals surface area (Å²) in [5.74, 6) is 0.496. The third-order valence-corrected chi connectivity index (χ3v) is 6.52. The second-order valence-electron chi connectivity index (χ2n) is 8.04. The van der Waals surface area contributed by atoms with E-state index in [1.54, 1.807) is 6.07 Å². The monoisotopic (exact) mass is 423 g/mol. The maximum atomic E-state index is 12.3. The van der Waals surface area contributed by atoms with Crippen LogP contribution in [0.25, 0.3) is 17.4 Å². The van der Waals surface area contributed by atoms with Crippen LogP contribution in [0.5, 0.6) is 5.88 Å². The van der Waals surface area contributed by atoms with Gasteiger partial charge in [0.2, 0.25) is 0 Å². The number of benzene rings is 1. The number of aromatic hydroxyl groups is 1. The van der Waals surface area contributed by atoms with E-state index in [4.69, 9.17) is 11.6 Å². The highest BCUT2D eigenvalue weighted by Crippen LogP contribution is 2.34. The van der Waals surface area contributed by atoms with Gasteiger partial charge in [0.25, 0.3) is 5.56 Å². The van der Waals surface area contributed by atoms with E-state index in [1.807, 2.05) is 17.6 Å². The SMILES string of the molecule is C=c1c2c(C)c3c(cc2c(O)n1C1CCN(C)CC1)N=C(c1c(Cl)cc[nH]c1=O)N=3. The van der Waals surface area contributed by atoms with Crippen LogP contribution in [-0.2, 0) is 0 Å². The van der Waals surface area contributed by atoms with E-state index in [0.717, 1.165) is 42.2 Å². The molecule has 2 aromatic heterocycles. The highest BCUT2D eigenvalue weighted by molar-refractivity contribution is 6.34. The molecule has 1 fully saturated rings. The fourth-order valence-electron chi connectivity index (χ4n) is 4.61. The van der Waals surface area contributed by atoms with Crippen molar-refractivity contribution in [2.24, 2.45) is 9.98 Å². The van der Waals surface area contributed by atoms with Gasteiger partial charge in [-0.25, -0.2) is 9.98 Å². The Morgan fingerprint density at radius 3 is 2.73 bits per heavy atom. The molecule has 0 radical (unpaired) electrons. The van der Waals surface area contributed by atoms with E-state index in [-0.39, 0.29) is 28.9 Å². The third kappa shape index (κ3) is 2.73. The fourth-order valence-corrected chi connectivity index (χ4v) is 4.84. The number of nitrogens with zero attached hydrogens (tertiary/aromatic N) is 4. The number of halogens is 1. The Hall–Kier alpha value is -2.90. The van der Waals surface area contributed by atoms with Gasteiger partial charge in [-0.1, -0.05) is 18.2 Å². The molecule has 0 bridgehead atoms. The Morgan fingerprint density at radius 2 is 2.03 bits per heavy atom. The van der Waals surface area contributed by atoms with Crippen LogP contribution in [0.15, 0.2) is 33.1 Å². The van der Waals surface area contributed by atoms with Crippen LogP contribution in [0, 0.1) is 6.92 Å². The zero-order valence-electron chi connectivity index (χ0n) is 16.9. The van der Waals surface area contributed by atoms with Crippen LogP contribution >= 0.6 is 11.6 Å². The lowest BCUT2D eigenvalue weighted by Gasteiger charge is -2.30. The van der Waals surface area contributed by atoms with E-state index in [1.165, 1.54) is 6.20 Å². The van der Waals surface area contributed by atoms with Crippen LogP contribution in [0.1, 0.15) is 30.0 Å². The molecule has 7 nitrogen and oxygen atoms in total. The molecule has 30 heavy (non-hydrogen) atoms. The van der Waals surface area contributed by atoms with Crippen LogP contribution < -0.4 is 16.3 Å². The number of aliphatic imine (C=N–C) groups is 1. The smallest absolute Gasteiger partial charge is 0.260 e. The number of nitrogens with one attached hydrogen (secondary N) is 1. The van der Waals surface area contributed by atoms with Crippen molar-refractivity contribution < 1.29 is 5.11 Å². The quantitative estimate of drug-likeness (QED) is 0.663. The number of fused-ring (bicyclic) bond motifs is 2. The maximum Gasteiger partial charge on any atom is 0.260 e. The van der Waals surface area contributed by atoms with Gasteiger partial charge in [-0.3, -0.25) is 4.79 Å². The molecule has 0 saturated carbocycles. The number of hydrogen-bond donors (Lipinski definition) is 2. The average molecular weight is 424 g/mol. The molecule has 2 N–H and O–H groups in total. The Kier molecular flexibility index (Phi) is 4.34. The molecule has 0 aliphatic carbocycles. The topological polar surface area (TPSA) is 86.0 Å². The Bertz CT molecular complexity index is 1390. The van der Waals surface area contributed by atoms with Gasteiger partial charge in [-0.05, 0) is 57.6 Å². The average Bonchev–Trinajstić information content (AvgIpc) is 3.23. The number of rotatable bonds is 2. The number of H-pyrrole nitrogens is 1. The van der Waals surface area contributed by atoms with Crippen molar-refractivity contribution >= 4 is 40.5 Å². The molecule has 1 aromatic carbocycles. The largest absolute Gasteiger partial charge is 0.494 e. The van der Waals surface area contributed by atoms with E-state index < -0.39 is 0 Å². The van der Waals surface area contributed by atoms with E-state index in [0.29, 0.717) is 21.5 Å². The number of aromatic nitrogens is 2. The number of pyridine rings is 1. The molecule has 8 heteroatoms. The first kappa shape index (κ1) is 19.1. The molecular formula is C22H22ClN5O2. The molecule has 2 aliphatic heterocycles. The predicted octanol–water partition coefficient (Wildman–Crippen LogP) is 2.39. The van der Waals surface area contributed by atoms with Crippen LogP contribution in [-0.4, -0.2) is 45.5 Å². The first-order chi connectivity index (χ1) is 14.4. The summed E-state index contributed by atoms with van der Waals surface area (Å²) >= 11 is 6.23. The van der Waals surface area contributed by atoms with Gasteiger partial charge in [0.05, 0.1) is 16.1 Å².